The first-order chi connectivity index (χ1) is 7.61. The van der Waals surface area contributed by atoms with Crippen LogP contribution in [0.25, 0.3) is 0 Å². The Morgan fingerprint density at radius 2 is 1.94 bits per heavy atom. The van der Waals surface area contributed by atoms with Crippen molar-refractivity contribution in [3.05, 3.63) is 23.9 Å². The fourth-order valence-electron chi connectivity index (χ4n) is 1.58. The van der Waals surface area contributed by atoms with Crippen LogP contribution in [-0.2, 0) is 6.18 Å². The summed E-state index contributed by atoms with van der Waals surface area (Å²) in [5.74, 6) is -0.179. The molecule has 0 amide bonds. The van der Waals surface area contributed by atoms with Crippen molar-refractivity contribution in [2.45, 2.75) is 25.6 Å². The Bertz CT molecular complexity index is 385. The molecule has 17 heavy (non-hydrogen) atoms. The third-order valence-electron chi connectivity index (χ3n) is 2.08. The maximum absolute atomic E-state index is 12.7. The summed E-state index contributed by atoms with van der Waals surface area (Å²) in [6.07, 6.45) is -3.15. The van der Waals surface area contributed by atoms with E-state index in [1.807, 2.05) is 0 Å². The van der Waals surface area contributed by atoms with Gasteiger partial charge in [-0.25, -0.2) is 4.98 Å². The van der Waals surface area contributed by atoms with Crippen molar-refractivity contribution in [2.75, 3.05) is 18.5 Å². The number of hydrogen-bond donors (Lipinski definition) is 1. The zero-order valence-electron chi connectivity index (χ0n) is 9.91. The lowest BCUT2D eigenvalue weighted by molar-refractivity contribution is -0.137. The van der Waals surface area contributed by atoms with Crippen molar-refractivity contribution in [2.24, 2.45) is 0 Å². The average molecular weight is 248 g/mol. The van der Waals surface area contributed by atoms with Crippen LogP contribution in [0.2, 0.25) is 0 Å². The van der Waals surface area contributed by atoms with Crippen molar-refractivity contribution in [3.8, 4) is 0 Å². The van der Waals surface area contributed by atoms with Gasteiger partial charge in [0.05, 0.1) is 11.2 Å². The molecule has 0 atom stereocenters. The van der Waals surface area contributed by atoms with Crippen LogP contribution in [0.3, 0.4) is 0 Å². The van der Waals surface area contributed by atoms with Crippen LogP contribution in [0.4, 0.5) is 19.0 Å². The highest BCUT2D eigenvalue weighted by atomic mass is 19.4. The topological polar surface area (TPSA) is 36.4 Å². The Balaban J connectivity index is 3.06. The zero-order valence-corrected chi connectivity index (χ0v) is 9.91. The number of halogens is 3. The lowest BCUT2D eigenvalue weighted by atomic mass is 10.1. The number of anilines is 1. The second-order valence-electron chi connectivity index (χ2n) is 4.54. The molecule has 6 heteroatoms. The summed E-state index contributed by atoms with van der Waals surface area (Å²) < 4.78 is 38.1. The molecule has 0 aliphatic rings. The third kappa shape index (κ3) is 3.89. The van der Waals surface area contributed by atoms with Crippen LogP contribution in [0.5, 0.6) is 0 Å². The molecular formula is C11H15F3N2O. The van der Waals surface area contributed by atoms with Gasteiger partial charge in [0.2, 0.25) is 0 Å². The van der Waals surface area contributed by atoms with E-state index in [0.29, 0.717) is 0 Å². The van der Waals surface area contributed by atoms with Gasteiger partial charge in [0.1, 0.15) is 5.82 Å². The van der Waals surface area contributed by atoms with Crippen molar-refractivity contribution in [1.82, 2.24) is 4.98 Å². The van der Waals surface area contributed by atoms with E-state index >= 15 is 0 Å². The minimum absolute atomic E-state index is 0.0626. The van der Waals surface area contributed by atoms with Crippen molar-refractivity contribution in [1.29, 1.82) is 0 Å². The van der Waals surface area contributed by atoms with Crippen LogP contribution < -0.4 is 4.90 Å². The molecule has 0 radical (unpaired) electrons. The quantitative estimate of drug-likeness (QED) is 0.891. The highest BCUT2D eigenvalue weighted by molar-refractivity contribution is 5.47. The molecule has 0 aromatic carbocycles. The lowest BCUT2D eigenvalue weighted by Crippen LogP contribution is -2.37. The zero-order chi connectivity index (χ0) is 13.3. The molecule has 0 saturated carbocycles. The second kappa shape index (κ2) is 4.52. The predicted octanol–water partition coefficient (Wildman–Crippen LogP) is 2.31. The highest BCUT2D eigenvalue weighted by Gasteiger charge is 2.35. The summed E-state index contributed by atoms with van der Waals surface area (Å²) in [6.45, 7) is 3.12. The Labute approximate surface area is 97.9 Å². The van der Waals surface area contributed by atoms with E-state index in [2.05, 4.69) is 4.98 Å². The number of rotatable bonds is 3. The van der Waals surface area contributed by atoms with Crippen LogP contribution in [0.1, 0.15) is 19.4 Å². The number of alkyl halides is 3. The van der Waals surface area contributed by atoms with Gasteiger partial charge in [-0.2, -0.15) is 13.2 Å². The van der Waals surface area contributed by atoms with Gasteiger partial charge in [-0.1, -0.05) is 0 Å². The summed E-state index contributed by atoms with van der Waals surface area (Å²) in [5, 5.41) is 9.59. The summed E-state index contributed by atoms with van der Waals surface area (Å²) in [5.41, 5.74) is -1.89. The Hall–Kier alpha value is -1.30. The monoisotopic (exact) mass is 248 g/mol. The molecule has 0 aliphatic heterocycles. The maximum atomic E-state index is 12.7. The molecule has 0 fully saturated rings. The van der Waals surface area contributed by atoms with E-state index in [0.717, 1.165) is 6.07 Å². The fourth-order valence-corrected chi connectivity index (χ4v) is 1.58. The van der Waals surface area contributed by atoms with Crippen molar-refractivity contribution >= 4 is 5.82 Å². The minimum Gasteiger partial charge on any atom is -0.389 e. The summed E-state index contributed by atoms with van der Waals surface area (Å²) in [4.78, 5) is 5.02. The van der Waals surface area contributed by atoms with E-state index < -0.39 is 17.3 Å². The van der Waals surface area contributed by atoms with E-state index in [1.165, 1.54) is 38.1 Å². The van der Waals surface area contributed by atoms with Crippen LogP contribution in [0, 0.1) is 0 Å². The van der Waals surface area contributed by atoms with Gasteiger partial charge in [0, 0.05) is 19.8 Å². The highest BCUT2D eigenvalue weighted by Crippen LogP contribution is 2.34. The Morgan fingerprint density at radius 1 is 1.35 bits per heavy atom. The predicted molar refractivity (Wildman–Crippen MR) is 58.8 cm³/mol. The van der Waals surface area contributed by atoms with E-state index in [-0.39, 0.29) is 12.4 Å². The van der Waals surface area contributed by atoms with Gasteiger partial charge in [-0.15, -0.1) is 0 Å². The molecule has 0 unspecified atom stereocenters. The standard InChI is InChI=1S/C11H15F3N2O/c1-10(2,17)7-16(3)9-8(11(12,13)14)5-4-6-15-9/h4-6,17H,7H2,1-3H3. The van der Waals surface area contributed by atoms with Crippen molar-refractivity contribution in [3.63, 3.8) is 0 Å². The molecule has 0 spiro atoms. The van der Waals surface area contributed by atoms with Crippen LogP contribution in [-0.4, -0.2) is 29.3 Å². The van der Waals surface area contributed by atoms with Crippen LogP contribution in [0.15, 0.2) is 18.3 Å². The van der Waals surface area contributed by atoms with Gasteiger partial charge < -0.3 is 10.0 Å². The summed E-state index contributed by atoms with van der Waals surface area (Å²) >= 11 is 0. The largest absolute Gasteiger partial charge is 0.419 e. The lowest BCUT2D eigenvalue weighted by Gasteiger charge is -2.28. The number of aliphatic hydroxyl groups is 1. The van der Waals surface area contributed by atoms with E-state index in [1.54, 1.807) is 0 Å². The maximum Gasteiger partial charge on any atom is 0.419 e. The number of likely N-dealkylation sites (N-methyl/N-ethyl adjacent to an activating group) is 1. The number of aromatic nitrogens is 1. The van der Waals surface area contributed by atoms with E-state index in [9.17, 15) is 18.3 Å². The molecular weight excluding hydrogens is 233 g/mol. The number of hydrogen-bond acceptors (Lipinski definition) is 3. The van der Waals surface area contributed by atoms with Gasteiger partial charge in [-0.05, 0) is 26.0 Å². The summed E-state index contributed by atoms with van der Waals surface area (Å²) in [7, 11) is 1.47. The molecule has 1 aromatic heterocycles. The molecule has 0 aliphatic carbocycles. The van der Waals surface area contributed by atoms with Crippen LogP contribution >= 0.6 is 0 Å². The minimum atomic E-state index is -4.45. The average Bonchev–Trinajstić information content (AvgIpc) is 2.13. The second-order valence-corrected chi connectivity index (χ2v) is 4.54. The first kappa shape index (κ1) is 13.8. The first-order valence-electron chi connectivity index (χ1n) is 5.07. The SMILES string of the molecule is CN(CC(C)(C)O)c1ncccc1C(F)(F)F. The summed E-state index contributed by atoms with van der Waals surface area (Å²) in [6, 6.07) is 2.22. The molecule has 0 bridgehead atoms. The number of pyridine rings is 1. The first-order valence-corrected chi connectivity index (χ1v) is 5.07. The molecule has 3 nitrogen and oxygen atoms in total. The fraction of sp³-hybridized carbons (Fsp3) is 0.545. The van der Waals surface area contributed by atoms with E-state index in [4.69, 9.17) is 0 Å². The molecule has 1 rings (SSSR count). The Kier molecular flexibility index (Phi) is 3.66. The smallest absolute Gasteiger partial charge is 0.389 e. The molecule has 1 heterocycles. The molecule has 1 aromatic rings. The third-order valence-corrected chi connectivity index (χ3v) is 2.08. The molecule has 96 valence electrons. The van der Waals surface area contributed by atoms with Crippen molar-refractivity contribution < 1.29 is 18.3 Å². The van der Waals surface area contributed by atoms with Gasteiger partial charge >= 0.3 is 6.18 Å². The number of nitrogens with zero attached hydrogens (tertiary/aromatic N) is 2. The Morgan fingerprint density at radius 3 is 2.41 bits per heavy atom. The van der Waals surface area contributed by atoms with Gasteiger partial charge in [0.15, 0.2) is 0 Å². The van der Waals surface area contributed by atoms with Gasteiger partial charge in [-0.3, -0.25) is 0 Å². The normalized spacial score (nSPS) is 12.6. The molecule has 1 N–H and O–H groups in total. The molecule has 0 saturated heterocycles. The van der Waals surface area contributed by atoms with Gasteiger partial charge in [0.25, 0.3) is 0 Å².